The average Bonchev–Trinajstić information content (AvgIpc) is 2.63. The Morgan fingerprint density at radius 3 is 2.67 bits per heavy atom. The molecule has 1 atom stereocenters. The van der Waals surface area contributed by atoms with Crippen LogP contribution in [0.15, 0.2) is 42.7 Å². The first-order valence-corrected chi connectivity index (χ1v) is 7.89. The minimum Gasteiger partial charge on any atom is -0.381 e. The van der Waals surface area contributed by atoms with Gasteiger partial charge in [0.05, 0.1) is 6.04 Å². The molecule has 2 aromatic rings. The Morgan fingerprint density at radius 2 is 2.00 bits per heavy atom. The summed E-state index contributed by atoms with van der Waals surface area (Å²) in [5.41, 5.74) is 0.982. The third kappa shape index (κ3) is 3.76. The Bertz CT molecular complexity index is 703. The second-order valence-electron chi connectivity index (χ2n) is 5.82. The number of aromatic nitrogens is 1. The van der Waals surface area contributed by atoms with Gasteiger partial charge in [-0.3, -0.25) is 9.78 Å². The molecule has 6 heteroatoms. The zero-order valence-electron chi connectivity index (χ0n) is 13.0. The molecule has 0 aliphatic carbocycles. The Hall–Kier alpha value is -2.34. The molecule has 1 aromatic carbocycles. The quantitative estimate of drug-likeness (QED) is 0.935. The second kappa shape index (κ2) is 7.49. The molecule has 24 heavy (non-hydrogen) atoms. The van der Waals surface area contributed by atoms with Gasteiger partial charge in [-0.05, 0) is 48.6 Å². The van der Waals surface area contributed by atoms with E-state index in [1.54, 1.807) is 12.4 Å². The third-order valence-electron chi connectivity index (χ3n) is 4.25. The number of rotatable bonds is 4. The summed E-state index contributed by atoms with van der Waals surface area (Å²) in [6, 6.07) is 6.61. The zero-order chi connectivity index (χ0) is 16.9. The van der Waals surface area contributed by atoms with Gasteiger partial charge in [0.2, 0.25) is 0 Å². The number of carbonyl (C=O) groups excluding carboxylic acids is 1. The topological polar surface area (TPSA) is 51.2 Å². The molecule has 0 saturated carbocycles. The molecule has 1 saturated heterocycles. The van der Waals surface area contributed by atoms with Crippen LogP contribution in [0.4, 0.5) is 8.78 Å². The Kier molecular flexibility index (Phi) is 5.15. The maximum absolute atomic E-state index is 13.4. The molecule has 2 heterocycles. The SMILES string of the molecule is O=C(N[C@H](c1cccnc1)C1CCOCC1)c1ccc(F)c(F)c1. The van der Waals surface area contributed by atoms with Gasteiger partial charge < -0.3 is 10.1 Å². The van der Waals surface area contributed by atoms with E-state index in [4.69, 9.17) is 4.74 Å². The smallest absolute Gasteiger partial charge is 0.251 e. The summed E-state index contributed by atoms with van der Waals surface area (Å²) in [4.78, 5) is 16.6. The van der Waals surface area contributed by atoms with Crippen molar-refractivity contribution in [2.24, 2.45) is 5.92 Å². The van der Waals surface area contributed by atoms with E-state index in [0.29, 0.717) is 13.2 Å². The Balaban J connectivity index is 1.82. The highest BCUT2D eigenvalue weighted by Crippen LogP contribution is 2.30. The Morgan fingerprint density at radius 1 is 1.21 bits per heavy atom. The number of pyridine rings is 1. The van der Waals surface area contributed by atoms with Gasteiger partial charge in [-0.2, -0.15) is 0 Å². The number of hydrogen-bond acceptors (Lipinski definition) is 3. The monoisotopic (exact) mass is 332 g/mol. The maximum Gasteiger partial charge on any atom is 0.251 e. The molecule has 1 aliphatic rings. The van der Waals surface area contributed by atoms with Gasteiger partial charge in [0.1, 0.15) is 0 Å². The Labute approximate surface area is 138 Å². The van der Waals surface area contributed by atoms with E-state index in [1.165, 1.54) is 6.07 Å². The van der Waals surface area contributed by atoms with Crippen molar-refractivity contribution in [2.75, 3.05) is 13.2 Å². The van der Waals surface area contributed by atoms with Crippen LogP contribution in [0, 0.1) is 17.6 Å². The minimum absolute atomic E-state index is 0.0925. The summed E-state index contributed by atoms with van der Waals surface area (Å²) >= 11 is 0. The molecule has 126 valence electrons. The van der Waals surface area contributed by atoms with Crippen molar-refractivity contribution in [1.82, 2.24) is 10.3 Å². The first-order chi connectivity index (χ1) is 11.6. The van der Waals surface area contributed by atoms with Gasteiger partial charge in [-0.25, -0.2) is 8.78 Å². The van der Waals surface area contributed by atoms with Gasteiger partial charge >= 0.3 is 0 Å². The van der Waals surface area contributed by atoms with Crippen LogP contribution < -0.4 is 5.32 Å². The van der Waals surface area contributed by atoms with Crippen molar-refractivity contribution >= 4 is 5.91 Å². The first-order valence-electron chi connectivity index (χ1n) is 7.89. The average molecular weight is 332 g/mol. The molecule has 0 bridgehead atoms. The summed E-state index contributed by atoms with van der Waals surface area (Å²) < 4.78 is 31.8. The number of hydrogen-bond donors (Lipinski definition) is 1. The van der Waals surface area contributed by atoms with Crippen LogP contribution in [-0.2, 0) is 4.74 Å². The summed E-state index contributed by atoms with van der Waals surface area (Å²) in [5, 5.41) is 2.94. The van der Waals surface area contributed by atoms with Gasteiger partial charge in [-0.15, -0.1) is 0 Å². The van der Waals surface area contributed by atoms with E-state index in [1.807, 2.05) is 12.1 Å². The summed E-state index contributed by atoms with van der Waals surface area (Å²) in [6.07, 6.45) is 5.02. The van der Waals surface area contributed by atoms with Crippen LogP contribution in [0.1, 0.15) is 34.8 Å². The number of amides is 1. The first kappa shape index (κ1) is 16.5. The fourth-order valence-corrected chi connectivity index (χ4v) is 2.94. The fourth-order valence-electron chi connectivity index (χ4n) is 2.94. The standard InChI is InChI=1S/C18H18F2N2O2/c19-15-4-3-13(10-16(15)20)18(23)22-17(12-5-8-24-9-6-12)14-2-1-7-21-11-14/h1-4,7,10-12,17H,5-6,8-9H2,(H,22,23)/t17-/m0/s1. The second-order valence-corrected chi connectivity index (χ2v) is 5.82. The predicted octanol–water partition coefficient (Wildman–Crippen LogP) is 3.26. The number of benzene rings is 1. The van der Waals surface area contributed by atoms with Crippen LogP contribution in [-0.4, -0.2) is 24.1 Å². The number of nitrogens with zero attached hydrogens (tertiary/aromatic N) is 1. The van der Waals surface area contributed by atoms with Crippen LogP contribution >= 0.6 is 0 Å². The lowest BCUT2D eigenvalue weighted by Gasteiger charge is -2.31. The highest BCUT2D eigenvalue weighted by molar-refractivity contribution is 5.94. The van der Waals surface area contributed by atoms with E-state index in [9.17, 15) is 13.6 Å². The number of ether oxygens (including phenoxy) is 1. The van der Waals surface area contributed by atoms with Crippen molar-refractivity contribution in [3.8, 4) is 0 Å². The normalized spacial score (nSPS) is 16.6. The van der Waals surface area contributed by atoms with E-state index in [2.05, 4.69) is 10.3 Å². The predicted molar refractivity (Wildman–Crippen MR) is 84.3 cm³/mol. The molecule has 0 radical (unpaired) electrons. The van der Waals surface area contributed by atoms with Gasteiger partial charge in [0.15, 0.2) is 11.6 Å². The third-order valence-corrected chi connectivity index (χ3v) is 4.25. The molecule has 0 unspecified atom stereocenters. The fraction of sp³-hybridized carbons (Fsp3) is 0.333. The lowest BCUT2D eigenvalue weighted by atomic mass is 9.87. The molecule has 1 N–H and O–H groups in total. The molecule has 1 amide bonds. The number of carbonyl (C=O) groups is 1. The van der Waals surface area contributed by atoms with Crippen LogP contribution in [0.2, 0.25) is 0 Å². The van der Waals surface area contributed by atoms with E-state index in [0.717, 1.165) is 30.5 Å². The zero-order valence-corrected chi connectivity index (χ0v) is 13.0. The lowest BCUT2D eigenvalue weighted by molar-refractivity contribution is 0.0513. The molecular weight excluding hydrogens is 314 g/mol. The highest BCUT2D eigenvalue weighted by atomic mass is 19.2. The molecule has 4 nitrogen and oxygen atoms in total. The molecule has 1 aromatic heterocycles. The summed E-state index contributed by atoms with van der Waals surface area (Å²) in [7, 11) is 0. The number of halogens is 2. The number of nitrogens with one attached hydrogen (secondary N) is 1. The minimum atomic E-state index is -1.04. The largest absolute Gasteiger partial charge is 0.381 e. The summed E-state index contributed by atoms with van der Waals surface area (Å²) in [5.74, 6) is -2.24. The van der Waals surface area contributed by atoms with E-state index < -0.39 is 17.5 Å². The lowest BCUT2D eigenvalue weighted by Crippen LogP contribution is -2.36. The van der Waals surface area contributed by atoms with Crippen molar-refractivity contribution in [3.63, 3.8) is 0 Å². The molecule has 1 fully saturated rings. The van der Waals surface area contributed by atoms with E-state index in [-0.39, 0.29) is 17.5 Å². The van der Waals surface area contributed by atoms with Crippen molar-refractivity contribution in [2.45, 2.75) is 18.9 Å². The van der Waals surface area contributed by atoms with Crippen molar-refractivity contribution < 1.29 is 18.3 Å². The molecule has 1 aliphatic heterocycles. The van der Waals surface area contributed by atoms with E-state index >= 15 is 0 Å². The van der Waals surface area contributed by atoms with Crippen molar-refractivity contribution in [3.05, 3.63) is 65.5 Å². The molecule has 0 spiro atoms. The van der Waals surface area contributed by atoms with Gasteiger partial charge in [-0.1, -0.05) is 6.07 Å². The highest BCUT2D eigenvalue weighted by Gasteiger charge is 2.27. The van der Waals surface area contributed by atoms with Gasteiger partial charge in [0.25, 0.3) is 5.91 Å². The van der Waals surface area contributed by atoms with Crippen molar-refractivity contribution in [1.29, 1.82) is 0 Å². The van der Waals surface area contributed by atoms with Crippen LogP contribution in [0.3, 0.4) is 0 Å². The van der Waals surface area contributed by atoms with Crippen LogP contribution in [0.5, 0.6) is 0 Å². The molecule has 3 rings (SSSR count). The van der Waals surface area contributed by atoms with Crippen LogP contribution in [0.25, 0.3) is 0 Å². The van der Waals surface area contributed by atoms with Gasteiger partial charge in [0, 0.05) is 31.2 Å². The summed E-state index contributed by atoms with van der Waals surface area (Å²) in [6.45, 7) is 1.28. The molecular formula is C18H18F2N2O2. The maximum atomic E-state index is 13.4.